The second-order valence-electron chi connectivity index (χ2n) is 8.85. The summed E-state index contributed by atoms with van der Waals surface area (Å²) in [5.74, 6) is 0.900. The minimum absolute atomic E-state index is 0.737. The van der Waals surface area contributed by atoms with Crippen molar-refractivity contribution in [2.45, 2.75) is 19.9 Å². The highest BCUT2D eigenvalue weighted by Crippen LogP contribution is 2.29. The number of piperazine rings is 1. The molecule has 32 heavy (non-hydrogen) atoms. The Labute approximate surface area is 194 Å². The standard InChI is InChI=1S/C26H30ClN5/c1-19-25(20-4-7-23(27)8-5-20)29-26(28-19)22-6-9-24-21(18-22)10-13-32(24)12-3-11-31-16-14-30(2)15-17-31/h4-10,13,18H,3,11-12,14-17H2,1-2H3,(H,28,29). The summed E-state index contributed by atoms with van der Waals surface area (Å²) in [7, 11) is 2.21. The number of nitrogens with one attached hydrogen (secondary N) is 1. The summed E-state index contributed by atoms with van der Waals surface area (Å²) in [6, 6.07) is 16.7. The van der Waals surface area contributed by atoms with E-state index in [9.17, 15) is 0 Å². The monoisotopic (exact) mass is 447 g/mol. The zero-order valence-electron chi connectivity index (χ0n) is 18.8. The number of H-pyrrole nitrogens is 1. The van der Waals surface area contributed by atoms with Crippen LogP contribution in [-0.4, -0.2) is 64.1 Å². The molecule has 2 aromatic heterocycles. The average molecular weight is 448 g/mol. The van der Waals surface area contributed by atoms with Crippen molar-refractivity contribution in [2.24, 2.45) is 0 Å². The zero-order valence-corrected chi connectivity index (χ0v) is 19.6. The Hall–Kier alpha value is -2.60. The van der Waals surface area contributed by atoms with Gasteiger partial charge in [0.25, 0.3) is 0 Å². The summed E-state index contributed by atoms with van der Waals surface area (Å²) in [6.07, 6.45) is 3.39. The van der Waals surface area contributed by atoms with E-state index in [1.165, 1.54) is 50.0 Å². The van der Waals surface area contributed by atoms with Crippen LogP contribution in [0.15, 0.2) is 54.7 Å². The van der Waals surface area contributed by atoms with Gasteiger partial charge in [-0.05, 0) is 63.3 Å². The number of aromatic amines is 1. The van der Waals surface area contributed by atoms with Gasteiger partial charge >= 0.3 is 0 Å². The van der Waals surface area contributed by atoms with Crippen molar-refractivity contribution in [2.75, 3.05) is 39.8 Å². The number of hydrogen-bond acceptors (Lipinski definition) is 3. The van der Waals surface area contributed by atoms with Crippen molar-refractivity contribution in [1.29, 1.82) is 0 Å². The molecular weight excluding hydrogens is 418 g/mol. The van der Waals surface area contributed by atoms with Crippen molar-refractivity contribution >= 4 is 22.5 Å². The Balaban J connectivity index is 1.30. The molecule has 0 radical (unpaired) electrons. The summed E-state index contributed by atoms with van der Waals surface area (Å²) >= 11 is 6.04. The molecule has 1 saturated heterocycles. The number of nitrogens with zero attached hydrogens (tertiary/aromatic N) is 4. The lowest BCUT2D eigenvalue weighted by Gasteiger charge is -2.32. The molecular formula is C26H30ClN5. The fraction of sp³-hybridized carbons (Fsp3) is 0.346. The second-order valence-corrected chi connectivity index (χ2v) is 9.28. The molecule has 2 aromatic carbocycles. The number of aryl methyl sites for hydroxylation is 2. The molecule has 4 aromatic rings. The maximum Gasteiger partial charge on any atom is 0.138 e. The highest BCUT2D eigenvalue weighted by Gasteiger charge is 2.14. The highest BCUT2D eigenvalue weighted by molar-refractivity contribution is 6.30. The first-order valence-corrected chi connectivity index (χ1v) is 11.8. The van der Waals surface area contributed by atoms with Crippen LogP contribution >= 0.6 is 11.6 Å². The molecule has 1 aliphatic rings. The van der Waals surface area contributed by atoms with E-state index in [4.69, 9.17) is 16.6 Å². The summed E-state index contributed by atoms with van der Waals surface area (Å²) in [6.45, 7) is 9.03. The topological polar surface area (TPSA) is 40.1 Å². The van der Waals surface area contributed by atoms with Gasteiger partial charge in [-0.1, -0.05) is 23.7 Å². The molecule has 0 aliphatic carbocycles. The van der Waals surface area contributed by atoms with E-state index in [1.54, 1.807) is 0 Å². The molecule has 0 amide bonds. The van der Waals surface area contributed by atoms with Crippen LogP contribution in [0.25, 0.3) is 33.5 Å². The molecule has 0 spiro atoms. The quantitative estimate of drug-likeness (QED) is 0.436. The molecule has 0 bridgehead atoms. The molecule has 6 heteroatoms. The molecule has 3 heterocycles. The van der Waals surface area contributed by atoms with E-state index in [0.717, 1.165) is 39.9 Å². The van der Waals surface area contributed by atoms with Crippen LogP contribution in [0.2, 0.25) is 5.02 Å². The molecule has 166 valence electrons. The lowest BCUT2D eigenvalue weighted by Crippen LogP contribution is -2.44. The lowest BCUT2D eigenvalue weighted by atomic mass is 10.1. The predicted octanol–water partition coefficient (Wildman–Crippen LogP) is 5.30. The van der Waals surface area contributed by atoms with Gasteiger partial charge in [0.1, 0.15) is 5.82 Å². The first kappa shape index (κ1) is 21.3. The Morgan fingerprint density at radius 1 is 0.938 bits per heavy atom. The maximum atomic E-state index is 6.04. The van der Waals surface area contributed by atoms with E-state index in [1.807, 2.05) is 24.3 Å². The number of benzene rings is 2. The Morgan fingerprint density at radius 2 is 1.69 bits per heavy atom. The molecule has 5 rings (SSSR count). The van der Waals surface area contributed by atoms with Gasteiger partial charge in [-0.3, -0.25) is 0 Å². The van der Waals surface area contributed by atoms with Crippen molar-refractivity contribution in [3.8, 4) is 22.6 Å². The van der Waals surface area contributed by atoms with Crippen LogP contribution in [0, 0.1) is 6.92 Å². The molecule has 5 nitrogen and oxygen atoms in total. The van der Waals surface area contributed by atoms with Crippen molar-refractivity contribution < 1.29 is 0 Å². The van der Waals surface area contributed by atoms with E-state index in [2.05, 4.69) is 63.8 Å². The molecule has 0 saturated carbocycles. The Bertz CT molecular complexity index is 1200. The van der Waals surface area contributed by atoms with Crippen molar-refractivity contribution in [3.05, 3.63) is 65.4 Å². The first-order valence-electron chi connectivity index (χ1n) is 11.4. The normalized spacial score (nSPS) is 15.6. The largest absolute Gasteiger partial charge is 0.347 e. The van der Waals surface area contributed by atoms with Crippen LogP contribution in [0.1, 0.15) is 12.1 Å². The minimum Gasteiger partial charge on any atom is -0.347 e. The molecule has 1 aliphatic heterocycles. The first-order chi connectivity index (χ1) is 15.6. The summed E-state index contributed by atoms with van der Waals surface area (Å²) < 4.78 is 2.38. The third kappa shape index (κ3) is 4.46. The predicted molar refractivity (Wildman–Crippen MR) is 133 cm³/mol. The van der Waals surface area contributed by atoms with Gasteiger partial charge in [0.2, 0.25) is 0 Å². The second kappa shape index (κ2) is 9.10. The Kier molecular flexibility index (Phi) is 6.05. The van der Waals surface area contributed by atoms with Gasteiger partial charge in [-0.25, -0.2) is 4.98 Å². The van der Waals surface area contributed by atoms with Crippen LogP contribution in [0.4, 0.5) is 0 Å². The van der Waals surface area contributed by atoms with Gasteiger partial charge in [0.15, 0.2) is 0 Å². The number of rotatable bonds is 6. The lowest BCUT2D eigenvalue weighted by molar-refractivity contribution is 0.151. The van der Waals surface area contributed by atoms with Crippen LogP contribution in [-0.2, 0) is 6.54 Å². The zero-order chi connectivity index (χ0) is 22.1. The number of halogens is 1. The fourth-order valence-electron chi connectivity index (χ4n) is 4.56. The number of fused-ring (bicyclic) bond motifs is 1. The highest BCUT2D eigenvalue weighted by atomic mass is 35.5. The van der Waals surface area contributed by atoms with Crippen molar-refractivity contribution in [3.63, 3.8) is 0 Å². The number of hydrogen-bond donors (Lipinski definition) is 1. The van der Waals surface area contributed by atoms with Gasteiger partial charge < -0.3 is 19.4 Å². The maximum absolute atomic E-state index is 6.04. The average Bonchev–Trinajstić information content (AvgIpc) is 3.39. The Morgan fingerprint density at radius 3 is 2.47 bits per heavy atom. The summed E-state index contributed by atoms with van der Waals surface area (Å²) in [4.78, 5) is 13.3. The van der Waals surface area contributed by atoms with Gasteiger partial charge in [-0.15, -0.1) is 0 Å². The third-order valence-corrected chi connectivity index (χ3v) is 6.77. The van der Waals surface area contributed by atoms with Gasteiger partial charge in [0, 0.05) is 71.7 Å². The van der Waals surface area contributed by atoms with Gasteiger partial charge in [-0.2, -0.15) is 0 Å². The minimum atomic E-state index is 0.737. The van der Waals surface area contributed by atoms with Crippen LogP contribution in [0.3, 0.4) is 0 Å². The van der Waals surface area contributed by atoms with E-state index < -0.39 is 0 Å². The van der Waals surface area contributed by atoms with E-state index >= 15 is 0 Å². The molecule has 0 unspecified atom stereocenters. The smallest absolute Gasteiger partial charge is 0.138 e. The summed E-state index contributed by atoms with van der Waals surface area (Å²) in [5.41, 5.74) is 5.49. The molecule has 1 N–H and O–H groups in total. The van der Waals surface area contributed by atoms with Gasteiger partial charge in [0.05, 0.1) is 5.69 Å². The number of imidazole rings is 1. The van der Waals surface area contributed by atoms with E-state index in [0.29, 0.717) is 0 Å². The van der Waals surface area contributed by atoms with E-state index in [-0.39, 0.29) is 0 Å². The van der Waals surface area contributed by atoms with Crippen molar-refractivity contribution in [1.82, 2.24) is 24.3 Å². The van der Waals surface area contributed by atoms with Crippen LogP contribution in [0.5, 0.6) is 0 Å². The fourth-order valence-corrected chi connectivity index (χ4v) is 4.69. The molecule has 0 atom stereocenters. The third-order valence-electron chi connectivity index (χ3n) is 6.52. The van der Waals surface area contributed by atoms with Crippen LogP contribution < -0.4 is 0 Å². The molecule has 1 fully saturated rings. The number of likely N-dealkylation sites (N-methyl/N-ethyl adjacent to an activating group) is 1. The summed E-state index contributed by atoms with van der Waals surface area (Å²) in [5, 5.41) is 1.99. The SMILES string of the molecule is Cc1[nH]c(-c2ccc3c(ccn3CCCN3CCN(C)CC3)c2)nc1-c1ccc(Cl)cc1. The number of aromatic nitrogens is 3.